The molecule has 3 rings (SSSR count). The number of aliphatic hydroxyl groups excluding tert-OH is 1. The molecule has 0 bridgehead atoms. The van der Waals surface area contributed by atoms with E-state index in [0.29, 0.717) is 13.0 Å². The van der Waals surface area contributed by atoms with Crippen LogP contribution in [0.5, 0.6) is 0 Å². The maximum Gasteiger partial charge on any atom is 0.315 e. The first-order valence-electron chi connectivity index (χ1n) is 11.8. The van der Waals surface area contributed by atoms with E-state index in [9.17, 15) is 27.1 Å². The van der Waals surface area contributed by atoms with Crippen molar-refractivity contribution in [3.8, 4) is 0 Å². The molecule has 0 spiro atoms. The normalized spacial score (nSPS) is 18.4. The van der Waals surface area contributed by atoms with Crippen LogP contribution in [-0.4, -0.2) is 50.5 Å². The van der Waals surface area contributed by atoms with E-state index in [1.165, 1.54) is 0 Å². The number of amides is 2. The number of rotatable bonds is 10. The van der Waals surface area contributed by atoms with Crippen molar-refractivity contribution in [3.63, 3.8) is 0 Å². The standard InChI is InChI=1S/C25H33F2N3O4S/c1-3-7-28-25(32)30-22(11-17-8-19(26)12-20(27)9-17)24(31)13-29-23-15-35(33,34)14-18-6-5-16(4-2)10-21(18)23/h5-6,8-10,12,22-24,29,31H,3-4,7,11,13-15H2,1-2H3,(H2,28,30,32)/t22-,23-,24+/m0/s1. The molecule has 0 saturated heterocycles. The van der Waals surface area contributed by atoms with Gasteiger partial charge in [0.15, 0.2) is 9.84 Å². The van der Waals surface area contributed by atoms with Gasteiger partial charge in [0.25, 0.3) is 0 Å². The van der Waals surface area contributed by atoms with E-state index in [0.717, 1.165) is 41.3 Å². The van der Waals surface area contributed by atoms with Crippen LogP contribution >= 0.6 is 0 Å². The lowest BCUT2D eigenvalue weighted by Gasteiger charge is -2.30. The highest BCUT2D eigenvalue weighted by Gasteiger charge is 2.31. The van der Waals surface area contributed by atoms with E-state index in [2.05, 4.69) is 16.0 Å². The maximum atomic E-state index is 13.7. The van der Waals surface area contributed by atoms with Crippen LogP contribution in [0, 0.1) is 11.6 Å². The molecule has 7 nitrogen and oxygen atoms in total. The summed E-state index contributed by atoms with van der Waals surface area (Å²) in [5.41, 5.74) is 2.96. The van der Waals surface area contributed by atoms with Gasteiger partial charge in [-0.3, -0.25) is 0 Å². The monoisotopic (exact) mass is 509 g/mol. The summed E-state index contributed by atoms with van der Waals surface area (Å²) in [7, 11) is -3.33. The molecule has 0 unspecified atom stereocenters. The molecular formula is C25H33F2N3O4S. The van der Waals surface area contributed by atoms with Crippen LogP contribution in [0.1, 0.15) is 48.6 Å². The second-order valence-corrected chi connectivity index (χ2v) is 11.1. The SMILES string of the molecule is CCCNC(=O)N[C@@H](Cc1cc(F)cc(F)c1)[C@H](O)CN[C@H]1CS(=O)(=O)Cc2ccc(CC)cc21. The summed E-state index contributed by atoms with van der Waals surface area (Å²) in [4.78, 5) is 12.3. The fourth-order valence-corrected chi connectivity index (χ4v) is 5.92. The van der Waals surface area contributed by atoms with Crippen LogP contribution in [0.3, 0.4) is 0 Å². The van der Waals surface area contributed by atoms with Gasteiger partial charge in [-0.25, -0.2) is 22.0 Å². The highest BCUT2D eigenvalue weighted by atomic mass is 32.2. The third-order valence-corrected chi connectivity index (χ3v) is 7.65. The Morgan fingerprint density at radius 3 is 2.49 bits per heavy atom. The van der Waals surface area contributed by atoms with Crippen LogP contribution in [0.25, 0.3) is 0 Å². The molecular weight excluding hydrogens is 476 g/mol. The van der Waals surface area contributed by atoms with E-state index in [1.807, 2.05) is 32.0 Å². The molecule has 2 aromatic carbocycles. The van der Waals surface area contributed by atoms with E-state index < -0.39 is 45.7 Å². The minimum atomic E-state index is -3.33. The van der Waals surface area contributed by atoms with Gasteiger partial charge in [-0.15, -0.1) is 0 Å². The molecule has 2 amide bonds. The number of aryl methyl sites for hydroxylation is 1. The second kappa shape index (κ2) is 11.9. The first kappa shape index (κ1) is 27.0. The Hall–Kier alpha value is -2.56. The fraction of sp³-hybridized carbons (Fsp3) is 0.480. The van der Waals surface area contributed by atoms with Gasteiger partial charge in [-0.05, 0) is 53.6 Å². The number of hydrogen-bond donors (Lipinski definition) is 4. The Morgan fingerprint density at radius 2 is 1.83 bits per heavy atom. The van der Waals surface area contributed by atoms with Crippen molar-refractivity contribution < 1.29 is 27.1 Å². The number of benzene rings is 2. The molecule has 3 atom stereocenters. The van der Waals surface area contributed by atoms with Gasteiger partial charge in [0.1, 0.15) is 11.6 Å². The molecule has 0 aromatic heterocycles. The maximum absolute atomic E-state index is 13.7. The smallest absolute Gasteiger partial charge is 0.315 e. The molecule has 0 saturated carbocycles. The number of fused-ring (bicyclic) bond motifs is 1. The third-order valence-electron chi connectivity index (χ3n) is 6.06. The van der Waals surface area contributed by atoms with E-state index in [4.69, 9.17) is 0 Å². The molecule has 0 aliphatic carbocycles. The number of nitrogens with one attached hydrogen (secondary N) is 3. The van der Waals surface area contributed by atoms with Crippen molar-refractivity contribution in [1.29, 1.82) is 0 Å². The number of aliphatic hydroxyl groups is 1. The molecule has 10 heteroatoms. The number of halogens is 2. The van der Waals surface area contributed by atoms with Crippen molar-refractivity contribution in [3.05, 3.63) is 70.3 Å². The topological polar surface area (TPSA) is 108 Å². The average Bonchev–Trinajstić information content (AvgIpc) is 2.79. The van der Waals surface area contributed by atoms with Gasteiger partial charge < -0.3 is 21.1 Å². The zero-order valence-electron chi connectivity index (χ0n) is 20.0. The Bertz CT molecular complexity index is 1120. The van der Waals surface area contributed by atoms with Crippen molar-refractivity contribution in [1.82, 2.24) is 16.0 Å². The van der Waals surface area contributed by atoms with Gasteiger partial charge in [0, 0.05) is 25.2 Å². The average molecular weight is 510 g/mol. The van der Waals surface area contributed by atoms with Gasteiger partial charge >= 0.3 is 6.03 Å². The molecule has 2 aromatic rings. The largest absolute Gasteiger partial charge is 0.390 e. The zero-order chi connectivity index (χ0) is 25.6. The van der Waals surface area contributed by atoms with E-state index in [1.54, 1.807) is 0 Å². The van der Waals surface area contributed by atoms with E-state index >= 15 is 0 Å². The molecule has 1 aliphatic rings. The van der Waals surface area contributed by atoms with Crippen LogP contribution in [0.4, 0.5) is 13.6 Å². The lowest BCUT2D eigenvalue weighted by atomic mass is 9.97. The van der Waals surface area contributed by atoms with Crippen LogP contribution in [-0.2, 0) is 28.4 Å². The summed E-state index contributed by atoms with van der Waals surface area (Å²) in [6, 6.07) is 6.88. The Kier molecular flexibility index (Phi) is 9.21. The lowest BCUT2D eigenvalue weighted by molar-refractivity contribution is 0.124. The summed E-state index contributed by atoms with van der Waals surface area (Å²) >= 11 is 0. The van der Waals surface area contributed by atoms with Gasteiger partial charge in [0.05, 0.1) is 23.7 Å². The Morgan fingerprint density at radius 1 is 1.11 bits per heavy atom. The number of hydrogen-bond acceptors (Lipinski definition) is 5. The molecule has 192 valence electrons. The van der Waals surface area contributed by atoms with Crippen molar-refractivity contribution in [2.75, 3.05) is 18.8 Å². The molecule has 0 fully saturated rings. The molecule has 1 heterocycles. The lowest BCUT2D eigenvalue weighted by Crippen LogP contribution is -2.52. The second-order valence-electron chi connectivity index (χ2n) is 8.96. The minimum Gasteiger partial charge on any atom is -0.390 e. The van der Waals surface area contributed by atoms with Crippen LogP contribution in [0.15, 0.2) is 36.4 Å². The fourth-order valence-electron chi connectivity index (χ4n) is 4.26. The first-order chi connectivity index (χ1) is 16.6. The van der Waals surface area contributed by atoms with Crippen molar-refractivity contribution >= 4 is 15.9 Å². The summed E-state index contributed by atoms with van der Waals surface area (Å²) in [5, 5.41) is 19.4. The summed E-state index contributed by atoms with van der Waals surface area (Å²) in [6.07, 6.45) is 0.345. The summed E-state index contributed by atoms with van der Waals surface area (Å²) in [6.45, 7) is 4.30. The minimum absolute atomic E-state index is 0.0173. The van der Waals surface area contributed by atoms with Gasteiger partial charge in [-0.1, -0.05) is 32.0 Å². The quantitative estimate of drug-likeness (QED) is 0.394. The highest BCUT2D eigenvalue weighted by molar-refractivity contribution is 7.90. The summed E-state index contributed by atoms with van der Waals surface area (Å²) < 4.78 is 52.3. The molecule has 0 radical (unpaired) electrons. The Labute approximate surface area is 205 Å². The molecule has 1 aliphatic heterocycles. The van der Waals surface area contributed by atoms with Gasteiger partial charge in [0.2, 0.25) is 0 Å². The number of sulfone groups is 1. The highest BCUT2D eigenvalue weighted by Crippen LogP contribution is 2.29. The molecule has 35 heavy (non-hydrogen) atoms. The van der Waals surface area contributed by atoms with E-state index in [-0.39, 0.29) is 30.0 Å². The van der Waals surface area contributed by atoms with Crippen LogP contribution in [0.2, 0.25) is 0 Å². The number of carbonyl (C=O) groups excluding carboxylic acids is 1. The van der Waals surface area contributed by atoms with Gasteiger partial charge in [-0.2, -0.15) is 0 Å². The number of carbonyl (C=O) groups is 1. The predicted molar refractivity (Wildman–Crippen MR) is 131 cm³/mol. The number of urea groups is 1. The zero-order valence-corrected chi connectivity index (χ0v) is 20.8. The van der Waals surface area contributed by atoms with Crippen molar-refractivity contribution in [2.24, 2.45) is 0 Å². The van der Waals surface area contributed by atoms with Crippen LogP contribution < -0.4 is 16.0 Å². The first-order valence-corrected chi connectivity index (χ1v) is 13.6. The summed E-state index contributed by atoms with van der Waals surface area (Å²) in [5.74, 6) is -1.64. The molecule has 4 N–H and O–H groups in total. The Balaban J connectivity index is 1.77. The van der Waals surface area contributed by atoms with Crippen molar-refractivity contribution in [2.45, 2.75) is 57.1 Å². The third kappa shape index (κ3) is 7.71. The predicted octanol–water partition coefficient (Wildman–Crippen LogP) is 2.77.